The van der Waals surface area contributed by atoms with Gasteiger partial charge in [-0.2, -0.15) is 9.78 Å². The van der Waals surface area contributed by atoms with Crippen molar-refractivity contribution in [2.24, 2.45) is 0 Å². The molecular formula is C13H13BrN2O4. The molecule has 20 heavy (non-hydrogen) atoms. The third-order valence-corrected chi connectivity index (χ3v) is 3.17. The van der Waals surface area contributed by atoms with Crippen molar-refractivity contribution in [2.45, 2.75) is 26.4 Å². The molecule has 1 heterocycles. The van der Waals surface area contributed by atoms with Crippen LogP contribution in [-0.4, -0.2) is 32.6 Å². The summed E-state index contributed by atoms with van der Waals surface area (Å²) in [5.41, 5.74) is -0.488. The maximum Gasteiger partial charge on any atom is 0.435 e. The number of aromatic nitrogens is 2. The Bertz CT molecular complexity index is 700. The molecule has 0 radical (unpaired) electrons. The van der Waals surface area contributed by atoms with Crippen LogP contribution in [0.15, 0.2) is 22.8 Å². The van der Waals surface area contributed by atoms with E-state index in [-0.39, 0.29) is 11.1 Å². The van der Waals surface area contributed by atoms with Gasteiger partial charge in [-0.15, -0.1) is 0 Å². The number of ether oxygens (including phenoxy) is 1. The molecule has 0 aliphatic carbocycles. The molecule has 1 aromatic carbocycles. The maximum absolute atomic E-state index is 12.1. The molecule has 0 atom stereocenters. The zero-order chi connectivity index (χ0) is 15.1. The van der Waals surface area contributed by atoms with Gasteiger partial charge in [0, 0.05) is 9.86 Å². The van der Waals surface area contributed by atoms with E-state index in [9.17, 15) is 14.7 Å². The van der Waals surface area contributed by atoms with Crippen LogP contribution in [0, 0.1) is 0 Å². The summed E-state index contributed by atoms with van der Waals surface area (Å²) in [7, 11) is 0. The van der Waals surface area contributed by atoms with Crippen LogP contribution in [0.1, 0.15) is 31.1 Å². The van der Waals surface area contributed by atoms with Gasteiger partial charge in [-0.1, -0.05) is 15.9 Å². The molecule has 2 aromatic rings. The molecule has 0 aliphatic heterocycles. The normalized spacial score (nSPS) is 11.6. The number of halogens is 1. The molecule has 1 aromatic heterocycles. The quantitative estimate of drug-likeness (QED) is 0.861. The number of carbonyl (C=O) groups is 2. The SMILES string of the molecule is CC(C)(C)OC(=O)n1ncc2c(Br)ccc(C(=O)O)c21. The average molecular weight is 341 g/mol. The second-order valence-corrected chi connectivity index (χ2v) is 6.05. The fourth-order valence-electron chi connectivity index (χ4n) is 1.72. The number of carboxylic acid groups (broad SMARTS) is 1. The largest absolute Gasteiger partial charge is 0.478 e. The summed E-state index contributed by atoms with van der Waals surface area (Å²) in [5, 5.41) is 13.7. The highest BCUT2D eigenvalue weighted by molar-refractivity contribution is 9.10. The monoisotopic (exact) mass is 340 g/mol. The van der Waals surface area contributed by atoms with Crippen LogP contribution in [-0.2, 0) is 4.74 Å². The summed E-state index contributed by atoms with van der Waals surface area (Å²) in [6.07, 6.45) is 0.712. The summed E-state index contributed by atoms with van der Waals surface area (Å²) >= 11 is 3.31. The van der Waals surface area contributed by atoms with Gasteiger partial charge in [-0.05, 0) is 32.9 Å². The molecular weight excluding hydrogens is 328 g/mol. The second-order valence-electron chi connectivity index (χ2n) is 5.20. The molecule has 0 unspecified atom stereocenters. The summed E-state index contributed by atoms with van der Waals surface area (Å²) in [4.78, 5) is 23.4. The number of hydrogen-bond donors (Lipinski definition) is 1. The van der Waals surface area contributed by atoms with Gasteiger partial charge in [0.1, 0.15) is 5.60 Å². The van der Waals surface area contributed by atoms with E-state index in [0.29, 0.717) is 9.86 Å². The van der Waals surface area contributed by atoms with Gasteiger partial charge in [-0.25, -0.2) is 9.59 Å². The number of hydrogen-bond acceptors (Lipinski definition) is 4. The molecule has 106 valence electrons. The van der Waals surface area contributed by atoms with E-state index in [1.54, 1.807) is 26.8 Å². The minimum atomic E-state index is -1.13. The van der Waals surface area contributed by atoms with E-state index < -0.39 is 17.7 Å². The molecule has 0 fully saturated rings. The first kappa shape index (κ1) is 14.5. The summed E-state index contributed by atoms with van der Waals surface area (Å²) < 4.78 is 6.84. The Kier molecular flexibility index (Phi) is 3.56. The summed E-state index contributed by atoms with van der Waals surface area (Å²) in [6, 6.07) is 3.02. The molecule has 2 rings (SSSR count). The summed E-state index contributed by atoms with van der Waals surface area (Å²) in [6.45, 7) is 5.18. The average Bonchev–Trinajstić information content (AvgIpc) is 2.72. The van der Waals surface area contributed by atoms with Crippen molar-refractivity contribution in [2.75, 3.05) is 0 Å². The Morgan fingerprint density at radius 2 is 2.00 bits per heavy atom. The minimum Gasteiger partial charge on any atom is -0.478 e. The molecule has 0 bridgehead atoms. The van der Waals surface area contributed by atoms with Gasteiger partial charge in [-0.3, -0.25) is 0 Å². The Labute approximate surface area is 123 Å². The van der Waals surface area contributed by atoms with Crippen molar-refractivity contribution in [3.8, 4) is 0 Å². The number of carbonyl (C=O) groups excluding carboxylic acids is 1. The van der Waals surface area contributed by atoms with E-state index in [1.807, 2.05) is 0 Å². The molecule has 0 aliphatic rings. The number of benzene rings is 1. The zero-order valence-corrected chi connectivity index (χ0v) is 12.8. The fraction of sp³-hybridized carbons (Fsp3) is 0.308. The molecule has 0 saturated heterocycles. The first-order chi connectivity index (χ1) is 9.20. The zero-order valence-electron chi connectivity index (χ0n) is 11.2. The highest BCUT2D eigenvalue weighted by Crippen LogP contribution is 2.27. The lowest BCUT2D eigenvalue weighted by atomic mass is 10.1. The van der Waals surface area contributed by atoms with Crippen LogP contribution in [0.25, 0.3) is 10.9 Å². The van der Waals surface area contributed by atoms with Gasteiger partial charge in [0.25, 0.3) is 0 Å². The Morgan fingerprint density at radius 1 is 1.35 bits per heavy atom. The van der Waals surface area contributed by atoms with E-state index in [0.717, 1.165) is 4.68 Å². The van der Waals surface area contributed by atoms with Crippen LogP contribution in [0.4, 0.5) is 4.79 Å². The predicted octanol–water partition coefficient (Wildman–Crippen LogP) is 3.28. The second kappa shape index (κ2) is 4.90. The van der Waals surface area contributed by atoms with Crippen molar-refractivity contribution in [1.29, 1.82) is 0 Å². The summed E-state index contributed by atoms with van der Waals surface area (Å²) in [5.74, 6) is -1.13. The smallest absolute Gasteiger partial charge is 0.435 e. The van der Waals surface area contributed by atoms with Crippen LogP contribution in [0.3, 0.4) is 0 Å². The van der Waals surface area contributed by atoms with E-state index in [2.05, 4.69) is 21.0 Å². The molecule has 0 amide bonds. The Morgan fingerprint density at radius 3 is 2.55 bits per heavy atom. The third-order valence-electron chi connectivity index (χ3n) is 2.47. The Hall–Kier alpha value is -1.89. The lowest BCUT2D eigenvalue weighted by Gasteiger charge is -2.19. The first-order valence-electron chi connectivity index (χ1n) is 5.83. The van der Waals surface area contributed by atoms with E-state index in [4.69, 9.17) is 4.74 Å². The topological polar surface area (TPSA) is 81.4 Å². The molecule has 6 nitrogen and oxygen atoms in total. The van der Waals surface area contributed by atoms with Crippen LogP contribution < -0.4 is 0 Å². The van der Waals surface area contributed by atoms with Gasteiger partial charge in [0.05, 0.1) is 17.3 Å². The Balaban J connectivity index is 2.63. The highest BCUT2D eigenvalue weighted by atomic mass is 79.9. The van der Waals surface area contributed by atoms with Crippen molar-refractivity contribution in [3.05, 3.63) is 28.4 Å². The minimum absolute atomic E-state index is 0.00782. The van der Waals surface area contributed by atoms with Crippen molar-refractivity contribution >= 4 is 38.9 Å². The molecule has 1 N–H and O–H groups in total. The van der Waals surface area contributed by atoms with Crippen LogP contribution in [0.2, 0.25) is 0 Å². The standard InChI is InChI=1S/C13H13BrN2O4/c1-13(2,3)20-12(19)16-10-7(11(17)18)4-5-9(14)8(10)6-15-16/h4-6H,1-3H3,(H,17,18). The number of fused-ring (bicyclic) bond motifs is 1. The van der Waals surface area contributed by atoms with Crippen LogP contribution in [0.5, 0.6) is 0 Å². The van der Waals surface area contributed by atoms with E-state index >= 15 is 0 Å². The van der Waals surface area contributed by atoms with Gasteiger partial charge >= 0.3 is 12.1 Å². The highest BCUT2D eigenvalue weighted by Gasteiger charge is 2.23. The fourth-order valence-corrected chi connectivity index (χ4v) is 2.15. The van der Waals surface area contributed by atoms with Gasteiger partial charge in [0.15, 0.2) is 0 Å². The number of nitrogens with zero attached hydrogens (tertiary/aromatic N) is 2. The maximum atomic E-state index is 12.1. The van der Waals surface area contributed by atoms with Gasteiger partial charge < -0.3 is 9.84 Å². The lowest BCUT2D eigenvalue weighted by molar-refractivity contribution is 0.0522. The number of carboxylic acids is 1. The molecule has 0 spiro atoms. The van der Waals surface area contributed by atoms with Crippen molar-refractivity contribution < 1.29 is 19.4 Å². The van der Waals surface area contributed by atoms with Crippen molar-refractivity contribution in [1.82, 2.24) is 9.78 Å². The van der Waals surface area contributed by atoms with E-state index in [1.165, 1.54) is 12.3 Å². The number of rotatable bonds is 1. The molecule has 0 saturated carbocycles. The number of aromatic carboxylic acids is 1. The third kappa shape index (κ3) is 2.67. The molecule has 7 heteroatoms. The lowest BCUT2D eigenvalue weighted by Crippen LogP contribution is -2.28. The van der Waals surface area contributed by atoms with Crippen molar-refractivity contribution in [3.63, 3.8) is 0 Å². The first-order valence-corrected chi connectivity index (χ1v) is 6.63. The predicted molar refractivity (Wildman–Crippen MR) is 76.0 cm³/mol. The van der Waals surface area contributed by atoms with Crippen LogP contribution >= 0.6 is 15.9 Å². The van der Waals surface area contributed by atoms with Gasteiger partial charge in [0.2, 0.25) is 0 Å².